The van der Waals surface area contributed by atoms with Crippen molar-refractivity contribution in [1.29, 1.82) is 0 Å². The lowest BCUT2D eigenvalue weighted by Gasteiger charge is -2.31. The molecule has 0 aliphatic heterocycles. The lowest BCUT2D eigenvalue weighted by atomic mass is 9.76. The van der Waals surface area contributed by atoms with Crippen LogP contribution in [-0.4, -0.2) is 24.9 Å². The molecule has 0 saturated heterocycles. The second kappa shape index (κ2) is 7.46. The molecule has 0 aliphatic rings. The molecule has 0 heterocycles. The first-order chi connectivity index (χ1) is 8.29. The third kappa shape index (κ3) is 3.83. The minimum atomic E-state index is -0.144. The number of aliphatic hydroxyl groups excluding tert-OH is 1. The van der Waals surface area contributed by atoms with Crippen LogP contribution in [0, 0.1) is 0 Å². The summed E-state index contributed by atoms with van der Waals surface area (Å²) in [6.45, 7) is 5.94. The predicted octanol–water partition coefficient (Wildman–Crippen LogP) is 3.14. The molecule has 0 saturated carbocycles. The Morgan fingerprint density at radius 1 is 1.12 bits per heavy atom. The van der Waals surface area contributed by atoms with Crippen molar-refractivity contribution in [2.24, 2.45) is 0 Å². The molecule has 0 bridgehead atoms. The van der Waals surface area contributed by atoms with Gasteiger partial charge in [0.2, 0.25) is 0 Å². The zero-order valence-corrected chi connectivity index (χ0v) is 11.0. The Labute approximate surface area is 105 Å². The zero-order valence-electron chi connectivity index (χ0n) is 11.0. The van der Waals surface area contributed by atoms with Crippen molar-refractivity contribution in [2.75, 3.05) is 19.8 Å². The summed E-state index contributed by atoms with van der Waals surface area (Å²) in [5.74, 6) is 0. The molecular formula is C15H24O2. The van der Waals surface area contributed by atoms with Gasteiger partial charge in [0, 0.05) is 18.6 Å². The number of rotatable bonds is 8. The Bertz CT molecular complexity index is 291. The monoisotopic (exact) mass is 236 g/mol. The van der Waals surface area contributed by atoms with E-state index in [0.29, 0.717) is 0 Å². The number of benzene rings is 1. The maximum Gasteiger partial charge on any atom is 0.0528 e. The van der Waals surface area contributed by atoms with Gasteiger partial charge in [-0.1, -0.05) is 44.2 Å². The Hall–Kier alpha value is -0.860. The van der Waals surface area contributed by atoms with E-state index in [1.807, 2.05) is 18.2 Å². The fourth-order valence-electron chi connectivity index (χ4n) is 2.11. The highest BCUT2D eigenvalue weighted by Gasteiger charge is 2.29. The van der Waals surface area contributed by atoms with Crippen LogP contribution in [0.5, 0.6) is 0 Å². The summed E-state index contributed by atoms with van der Waals surface area (Å²) in [4.78, 5) is 0. The van der Waals surface area contributed by atoms with E-state index in [1.54, 1.807) is 0 Å². The third-order valence-electron chi connectivity index (χ3n) is 3.44. The molecule has 1 N–H and O–H groups in total. The molecule has 0 aliphatic carbocycles. The SMILES string of the molecule is CCCOCCC(CC)(CO)c1ccccc1. The van der Waals surface area contributed by atoms with Gasteiger partial charge in [-0.25, -0.2) is 0 Å². The normalized spacial score (nSPS) is 14.5. The van der Waals surface area contributed by atoms with Crippen molar-refractivity contribution in [1.82, 2.24) is 0 Å². The third-order valence-corrected chi connectivity index (χ3v) is 3.44. The van der Waals surface area contributed by atoms with Gasteiger partial charge in [0.25, 0.3) is 0 Å². The van der Waals surface area contributed by atoms with Crippen molar-refractivity contribution in [3.05, 3.63) is 35.9 Å². The summed E-state index contributed by atoms with van der Waals surface area (Å²) < 4.78 is 5.55. The number of hydrogen-bond acceptors (Lipinski definition) is 2. The van der Waals surface area contributed by atoms with Crippen LogP contribution in [0.3, 0.4) is 0 Å². The summed E-state index contributed by atoms with van der Waals surface area (Å²) in [7, 11) is 0. The largest absolute Gasteiger partial charge is 0.395 e. The van der Waals surface area contributed by atoms with Crippen LogP contribution in [0.2, 0.25) is 0 Å². The van der Waals surface area contributed by atoms with Gasteiger partial charge in [0.1, 0.15) is 0 Å². The van der Waals surface area contributed by atoms with E-state index in [1.165, 1.54) is 5.56 Å². The molecule has 1 rings (SSSR count). The summed E-state index contributed by atoms with van der Waals surface area (Å²) in [5, 5.41) is 9.73. The fourth-order valence-corrected chi connectivity index (χ4v) is 2.11. The van der Waals surface area contributed by atoms with Crippen molar-refractivity contribution in [3.63, 3.8) is 0 Å². The molecular weight excluding hydrogens is 212 g/mol. The molecule has 0 spiro atoms. The van der Waals surface area contributed by atoms with E-state index in [2.05, 4.69) is 26.0 Å². The predicted molar refractivity (Wildman–Crippen MR) is 71.2 cm³/mol. The van der Waals surface area contributed by atoms with E-state index in [9.17, 15) is 5.11 Å². The van der Waals surface area contributed by atoms with Crippen LogP contribution >= 0.6 is 0 Å². The van der Waals surface area contributed by atoms with Gasteiger partial charge in [-0.15, -0.1) is 0 Å². The van der Waals surface area contributed by atoms with Gasteiger partial charge in [0.15, 0.2) is 0 Å². The maximum absolute atomic E-state index is 9.73. The van der Waals surface area contributed by atoms with Crippen LogP contribution < -0.4 is 0 Å². The molecule has 0 fully saturated rings. The molecule has 1 unspecified atom stereocenters. The van der Waals surface area contributed by atoms with E-state index in [0.717, 1.165) is 32.5 Å². The topological polar surface area (TPSA) is 29.5 Å². The van der Waals surface area contributed by atoms with E-state index in [-0.39, 0.29) is 12.0 Å². The molecule has 1 atom stereocenters. The lowest BCUT2D eigenvalue weighted by molar-refractivity contribution is 0.0911. The second-order valence-electron chi connectivity index (χ2n) is 4.52. The molecule has 0 radical (unpaired) electrons. The quantitative estimate of drug-likeness (QED) is 0.703. The minimum Gasteiger partial charge on any atom is -0.395 e. The summed E-state index contributed by atoms with van der Waals surface area (Å²) in [6, 6.07) is 10.3. The average Bonchev–Trinajstić information content (AvgIpc) is 2.41. The smallest absolute Gasteiger partial charge is 0.0528 e. The summed E-state index contributed by atoms with van der Waals surface area (Å²) in [5.41, 5.74) is 1.07. The number of hydrogen-bond donors (Lipinski definition) is 1. The Kier molecular flexibility index (Phi) is 6.23. The van der Waals surface area contributed by atoms with Crippen LogP contribution in [0.4, 0.5) is 0 Å². The molecule has 17 heavy (non-hydrogen) atoms. The van der Waals surface area contributed by atoms with Gasteiger partial charge >= 0.3 is 0 Å². The minimum absolute atomic E-state index is 0.144. The Morgan fingerprint density at radius 3 is 2.35 bits per heavy atom. The fraction of sp³-hybridized carbons (Fsp3) is 0.600. The summed E-state index contributed by atoms with van der Waals surface area (Å²) >= 11 is 0. The van der Waals surface area contributed by atoms with E-state index in [4.69, 9.17) is 4.74 Å². The van der Waals surface area contributed by atoms with Crippen LogP contribution in [0.25, 0.3) is 0 Å². The molecule has 96 valence electrons. The molecule has 2 heteroatoms. The highest BCUT2D eigenvalue weighted by molar-refractivity contribution is 5.25. The van der Waals surface area contributed by atoms with Gasteiger partial charge in [-0.3, -0.25) is 0 Å². The maximum atomic E-state index is 9.73. The van der Waals surface area contributed by atoms with Crippen LogP contribution in [0.15, 0.2) is 30.3 Å². The van der Waals surface area contributed by atoms with E-state index >= 15 is 0 Å². The van der Waals surface area contributed by atoms with Gasteiger partial charge in [-0.05, 0) is 24.8 Å². The lowest BCUT2D eigenvalue weighted by Crippen LogP contribution is -2.31. The second-order valence-corrected chi connectivity index (χ2v) is 4.52. The Morgan fingerprint density at radius 2 is 1.82 bits per heavy atom. The van der Waals surface area contributed by atoms with Gasteiger partial charge in [-0.2, -0.15) is 0 Å². The van der Waals surface area contributed by atoms with Crippen molar-refractivity contribution < 1.29 is 9.84 Å². The first kappa shape index (κ1) is 14.2. The van der Waals surface area contributed by atoms with Gasteiger partial charge in [0.05, 0.1) is 6.61 Å². The number of ether oxygens (including phenoxy) is 1. The van der Waals surface area contributed by atoms with Crippen molar-refractivity contribution in [2.45, 2.75) is 38.5 Å². The van der Waals surface area contributed by atoms with Crippen molar-refractivity contribution >= 4 is 0 Å². The zero-order chi connectivity index (χ0) is 12.6. The highest BCUT2D eigenvalue weighted by atomic mass is 16.5. The molecule has 2 nitrogen and oxygen atoms in total. The molecule has 1 aromatic carbocycles. The van der Waals surface area contributed by atoms with Crippen LogP contribution in [-0.2, 0) is 10.2 Å². The number of aliphatic hydroxyl groups is 1. The van der Waals surface area contributed by atoms with Crippen LogP contribution in [0.1, 0.15) is 38.7 Å². The summed E-state index contributed by atoms with van der Waals surface area (Å²) in [6.07, 6.45) is 2.86. The first-order valence-electron chi connectivity index (χ1n) is 6.53. The molecule has 0 amide bonds. The Balaban J connectivity index is 2.68. The average molecular weight is 236 g/mol. The molecule has 1 aromatic rings. The van der Waals surface area contributed by atoms with Crippen molar-refractivity contribution in [3.8, 4) is 0 Å². The first-order valence-corrected chi connectivity index (χ1v) is 6.53. The van der Waals surface area contributed by atoms with E-state index < -0.39 is 0 Å². The van der Waals surface area contributed by atoms with Gasteiger partial charge < -0.3 is 9.84 Å². The highest BCUT2D eigenvalue weighted by Crippen LogP contribution is 2.31. The molecule has 0 aromatic heterocycles. The standard InChI is InChI=1S/C15H24O2/c1-3-11-17-12-10-15(4-2,13-16)14-8-6-5-7-9-14/h5-9,16H,3-4,10-13H2,1-2H3.